The molecule has 44 heavy (non-hydrogen) atoms. The third kappa shape index (κ3) is 8.45. The minimum atomic E-state index is -4.50. The number of alkyl halides is 3. The summed E-state index contributed by atoms with van der Waals surface area (Å²) in [5.74, 6) is -0.920. The molecule has 3 aromatic carbocycles. The molecule has 5 rings (SSSR count). The van der Waals surface area contributed by atoms with Gasteiger partial charge in [-0.1, -0.05) is 72.8 Å². The van der Waals surface area contributed by atoms with Crippen molar-refractivity contribution >= 4 is 34.2 Å². The van der Waals surface area contributed by atoms with Crippen LogP contribution >= 0.6 is 11.3 Å². The van der Waals surface area contributed by atoms with Gasteiger partial charge in [-0.3, -0.25) is 14.6 Å². The van der Waals surface area contributed by atoms with Crippen LogP contribution in [0.2, 0.25) is 0 Å². The Bertz CT molecular complexity index is 1630. The van der Waals surface area contributed by atoms with Gasteiger partial charge in [0.15, 0.2) is 5.78 Å². The fraction of sp³-hybridized carbons (Fsp3) is 0.257. The Morgan fingerprint density at radius 3 is 2.45 bits per heavy atom. The van der Waals surface area contributed by atoms with Gasteiger partial charge >= 0.3 is 6.18 Å². The number of Topliss-reactive ketones (excluding diaryl/α,β-unsaturated/α-hetero) is 2. The summed E-state index contributed by atoms with van der Waals surface area (Å²) in [4.78, 5) is 34.5. The highest BCUT2D eigenvalue weighted by atomic mass is 32.1. The minimum Gasteiger partial charge on any atom is -0.377 e. The van der Waals surface area contributed by atoms with Crippen LogP contribution in [0, 0.1) is 0 Å². The van der Waals surface area contributed by atoms with Crippen molar-refractivity contribution in [3.63, 3.8) is 0 Å². The monoisotopic (exact) mass is 616 g/mol. The molecule has 0 saturated heterocycles. The van der Waals surface area contributed by atoms with Gasteiger partial charge in [-0.05, 0) is 46.7 Å². The number of ketones is 2. The smallest absolute Gasteiger partial charge is 0.377 e. The van der Waals surface area contributed by atoms with Gasteiger partial charge in [0.2, 0.25) is 0 Å². The second-order valence-electron chi connectivity index (χ2n) is 10.7. The molecule has 1 aromatic heterocycles. The fourth-order valence-electron chi connectivity index (χ4n) is 5.15. The molecule has 2 heterocycles. The van der Waals surface area contributed by atoms with Crippen molar-refractivity contribution in [1.82, 2.24) is 4.98 Å². The Balaban J connectivity index is 1.19. The molecule has 0 bridgehead atoms. The highest BCUT2D eigenvalue weighted by Gasteiger charge is 2.32. The van der Waals surface area contributed by atoms with E-state index in [1.165, 1.54) is 17.4 Å². The van der Waals surface area contributed by atoms with E-state index in [1.807, 2.05) is 54.6 Å². The fourth-order valence-corrected chi connectivity index (χ4v) is 5.71. The van der Waals surface area contributed by atoms with Crippen LogP contribution in [0.3, 0.4) is 0 Å². The van der Waals surface area contributed by atoms with Crippen LogP contribution in [-0.2, 0) is 28.7 Å². The molecule has 4 aromatic rings. The van der Waals surface area contributed by atoms with Crippen LogP contribution in [0.4, 0.5) is 13.2 Å². The van der Waals surface area contributed by atoms with E-state index in [9.17, 15) is 22.8 Å². The normalized spacial score (nSPS) is 13.8. The molecule has 0 amide bonds. The zero-order chi connectivity index (χ0) is 30.9. The number of aromatic nitrogens is 1. The maximum atomic E-state index is 13.6. The minimum absolute atomic E-state index is 0.0405. The Hall–Kier alpha value is -4.21. The topological polar surface area (TPSA) is 68.6 Å². The molecule has 9 heteroatoms. The van der Waals surface area contributed by atoms with E-state index in [4.69, 9.17) is 4.74 Å². The number of hydrogen-bond donors (Lipinski definition) is 0. The quantitative estimate of drug-likeness (QED) is 0.105. The summed E-state index contributed by atoms with van der Waals surface area (Å²) in [5.41, 5.74) is 6.12. The number of hydrogen-bond acceptors (Lipinski definition) is 6. The average molecular weight is 617 g/mol. The summed E-state index contributed by atoms with van der Waals surface area (Å²) in [6, 6.07) is 22.4. The van der Waals surface area contributed by atoms with E-state index in [0.717, 1.165) is 34.4 Å². The Labute approximate surface area is 258 Å². The van der Waals surface area contributed by atoms with Crippen molar-refractivity contribution < 1.29 is 27.5 Å². The van der Waals surface area contributed by atoms with Crippen LogP contribution in [0.25, 0.3) is 5.57 Å². The van der Waals surface area contributed by atoms with Gasteiger partial charge in [0.05, 0.1) is 17.7 Å². The Morgan fingerprint density at radius 2 is 1.73 bits per heavy atom. The molecule has 1 aliphatic rings. The van der Waals surface area contributed by atoms with Crippen LogP contribution in [0.15, 0.2) is 101 Å². The van der Waals surface area contributed by atoms with Crippen molar-refractivity contribution in [1.29, 1.82) is 0 Å². The zero-order valence-electron chi connectivity index (χ0n) is 23.9. The molecule has 0 N–H and O–H groups in total. The molecule has 1 aliphatic heterocycles. The summed E-state index contributed by atoms with van der Waals surface area (Å²) in [6.45, 7) is 0.813. The first-order valence-corrected chi connectivity index (χ1v) is 15.3. The number of halogens is 3. The maximum Gasteiger partial charge on any atom is 0.416 e. The molecule has 0 radical (unpaired) electrons. The van der Waals surface area contributed by atoms with Crippen LogP contribution < -0.4 is 0 Å². The largest absolute Gasteiger partial charge is 0.416 e. The van der Waals surface area contributed by atoms with E-state index in [1.54, 1.807) is 23.2 Å². The maximum absolute atomic E-state index is 13.6. The van der Waals surface area contributed by atoms with E-state index >= 15 is 0 Å². The summed E-state index contributed by atoms with van der Waals surface area (Å²) >= 11 is 1.38. The SMILES string of the molecule is O=C(Cc1ccc(C2=CN=C(CC(=O)C(CCCOCc3ccccc3)c3cccc(C(F)(F)F)c3)C2)cc1)c1cscn1. The second kappa shape index (κ2) is 14.5. The molecule has 226 valence electrons. The molecule has 0 spiro atoms. The van der Waals surface area contributed by atoms with Gasteiger partial charge in [-0.25, -0.2) is 4.98 Å². The number of carbonyl (C=O) groups excluding carboxylic acids is 2. The van der Waals surface area contributed by atoms with Crippen LogP contribution in [0.1, 0.15) is 69.9 Å². The summed E-state index contributed by atoms with van der Waals surface area (Å²) < 4.78 is 46.2. The third-order valence-corrected chi connectivity index (χ3v) is 8.07. The first kappa shape index (κ1) is 31.2. The highest BCUT2D eigenvalue weighted by molar-refractivity contribution is 7.07. The lowest BCUT2D eigenvalue weighted by molar-refractivity contribution is -0.137. The lowest BCUT2D eigenvalue weighted by Crippen LogP contribution is -2.18. The molecule has 1 unspecified atom stereocenters. The number of carbonyl (C=O) groups is 2. The predicted molar refractivity (Wildman–Crippen MR) is 166 cm³/mol. The summed E-state index contributed by atoms with van der Waals surface area (Å²) in [5, 5.41) is 1.73. The molecular weight excluding hydrogens is 585 g/mol. The first-order valence-electron chi connectivity index (χ1n) is 14.3. The van der Waals surface area contributed by atoms with E-state index in [2.05, 4.69) is 9.98 Å². The number of allylic oxidation sites excluding steroid dienone is 1. The average Bonchev–Trinajstić information content (AvgIpc) is 3.73. The van der Waals surface area contributed by atoms with Crippen LogP contribution in [0.5, 0.6) is 0 Å². The third-order valence-electron chi connectivity index (χ3n) is 7.48. The predicted octanol–water partition coefficient (Wildman–Crippen LogP) is 8.51. The number of rotatable bonds is 14. The van der Waals surface area contributed by atoms with Gasteiger partial charge in [0.25, 0.3) is 0 Å². The standard InChI is InChI=1S/C35H31F3N2O3S/c36-35(37,38)29-9-4-8-27(17-29)31(10-5-15-43-21-25-6-2-1-3-7-25)33(41)19-30-18-28(20-39-30)26-13-11-24(12-14-26)16-34(42)32-22-44-23-40-32/h1-4,6-9,11-14,17,20,22-23,31H,5,10,15-16,18-19,21H2. The van der Waals surface area contributed by atoms with Crippen molar-refractivity contribution in [3.05, 3.63) is 129 Å². The first-order chi connectivity index (χ1) is 21.3. The summed E-state index contributed by atoms with van der Waals surface area (Å²) in [6.07, 6.45) is -1.11. The highest BCUT2D eigenvalue weighted by Crippen LogP contribution is 2.34. The van der Waals surface area contributed by atoms with Gasteiger partial charge in [0, 0.05) is 49.1 Å². The number of aliphatic imine (C=N–C) groups is 1. The Kier molecular flexibility index (Phi) is 10.3. The number of nitrogens with zero attached hydrogens (tertiary/aromatic N) is 2. The van der Waals surface area contributed by atoms with Crippen LogP contribution in [-0.4, -0.2) is 28.9 Å². The van der Waals surface area contributed by atoms with Crippen molar-refractivity contribution in [3.8, 4) is 0 Å². The van der Waals surface area contributed by atoms with Crippen molar-refractivity contribution in [2.24, 2.45) is 4.99 Å². The lowest BCUT2D eigenvalue weighted by Gasteiger charge is -2.18. The van der Waals surface area contributed by atoms with Gasteiger partial charge in [0.1, 0.15) is 11.5 Å². The van der Waals surface area contributed by atoms with Gasteiger partial charge < -0.3 is 4.74 Å². The molecular formula is C35H31F3N2O3S. The van der Waals surface area contributed by atoms with E-state index in [-0.39, 0.29) is 24.4 Å². The number of thiazole rings is 1. The van der Waals surface area contributed by atoms with Gasteiger partial charge in [-0.2, -0.15) is 13.2 Å². The van der Waals surface area contributed by atoms with E-state index in [0.29, 0.717) is 49.4 Å². The molecule has 0 aliphatic carbocycles. The zero-order valence-corrected chi connectivity index (χ0v) is 24.7. The molecule has 0 saturated carbocycles. The number of benzene rings is 3. The molecule has 1 atom stereocenters. The number of ether oxygens (including phenoxy) is 1. The summed E-state index contributed by atoms with van der Waals surface area (Å²) in [7, 11) is 0. The van der Waals surface area contributed by atoms with Crippen molar-refractivity contribution in [2.45, 2.75) is 50.8 Å². The lowest BCUT2D eigenvalue weighted by atomic mass is 9.86. The van der Waals surface area contributed by atoms with Gasteiger partial charge in [-0.15, -0.1) is 11.3 Å². The second-order valence-corrected chi connectivity index (χ2v) is 11.4. The van der Waals surface area contributed by atoms with E-state index < -0.39 is 17.7 Å². The van der Waals surface area contributed by atoms with Crippen molar-refractivity contribution in [2.75, 3.05) is 6.61 Å². The Morgan fingerprint density at radius 1 is 0.932 bits per heavy atom. The molecule has 5 nitrogen and oxygen atoms in total. The molecule has 0 fully saturated rings.